The number of rotatable bonds is 3. The summed E-state index contributed by atoms with van der Waals surface area (Å²) in [7, 11) is 0. The fourth-order valence-corrected chi connectivity index (χ4v) is 1.85. The number of hydrogen-bond donors (Lipinski definition) is 0. The number of alkyl halides is 6. The second-order valence-electron chi connectivity index (χ2n) is 4.81. The third-order valence-electron chi connectivity index (χ3n) is 2.95. The van der Waals surface area contributed by atoms with Gasteiger partial charge < -0.3 is 9.05 Å². The standard InChI is InChI=1S/C13H6F6N4O2/c14-12(15,16)10-20-8(22-24-10)5-6-1-3-7(4-2-6)9-21-11(25-23-9)13(17,18)19/h1-4H,5H2. The Morgan fingerprint density at radius 2 is 1.32 bits per heavy atom. The van der Waals surface area contributed by atoms with Gasteiger partial charge in [0.1, 0.15) is 0 Å². The minimum absolute atomic E-state index is 0.0556. The number of halogens is 6. The van der Waals surface area contributed by atoms with Gasteiger partial charge in [0.15, 0.2) is 5.82 Å². The van der Waals surface area contributed by atoms with E-state index in [1.807, 2.05) is 0 Å². The van der Waals surface area contributed by atoms with Gasteiger partial charge in [0.2, 0.25) is 5.82 Å². The third-order valence-corrected chi connectivity index (χ3v) is 2.95. The van der Waals surface area contributed by atoms with Gasteiger partial charge in [-0.15, -0.1) is 0 Å². The summed E-state index contributed by atoms with van der Waals surface area (Å²) in [6.07, 6.45) is -9.54. The van der Waals surface area contributed by atoms with E-state index >= 15 is 0 Å². The van der Waals surface area contributed by atoms with Crippen molar-refractivity contribution in [2.24, 2.45) is 0 Å². The summed E-state index contributed by atoms with van der Waals surface area (Å²) in [4.78, 5) is 6.45. The molecule has 0 saturated carbocycles. The molecule has 0 unspecified atom stereocenters. The lowest BCUT2D eigenvalue weighted by molar-refractivity contribution is -0.160. The van der Waals surface area contributed by atoms with Gasteiger partial charge in [0.25, 0.3) is 0 Å². The van der Waals surface area contributed by atoms with Crippen molar-refractivity contribution in [2.45, 2.75) is 18.8 Å². The van der Waals surface area contributed by atoms with E-state index in [1.54, 1.807) is 0 Å². The average Bonchev–Trinajstić information content (AvgIpc) is 3.15. The van der Waals surface area contributed by atoms with Gasteiger partial charge >= 0.3 is 24.1 Å². The molecule has 0 atom stereocenters. The van der Waals surface area contributed by atoms with Crippen LogP contribution in [0.2, 0.25) is 0 Å². The molecule has 0 fully saturated rings. The highest BCUT2D eigenvalue weighted by Crippen LogP contribution is 2.30. The van der Waals surface area contributed by atoms with Crippen LogP contribution in [0.5, 0.6) is 0 Å². The molecule has 0 saturated heterocycles. The molecule has 3 aromatic rings. The highest BCUT2D eigenvalue weighted by atomic mass is 19.4. The molecule has 12 heteroatoms. The van der Waals surface area contributed by atoms with Gasteiger partial charge in [-0.1, -0.05) is 34.6 Å². The zero-order valence-corrected chi connectivity index (χ0v) is 11.9. The summed E-state index contributed by atoms with van der Waals surface area (Å²) in [5, 5.41) is 6.44. The van der Waals surface area contributed by atoms with Crippen LogP contribution in [-0.2, 0) is 18.8 Å². The Labute approximate surface area is 134 Å². The molecule has 1 aromatic carbocycles. The van der Waals surface area contributed by atoms with Crippen molar-refractivity contribution in [3.63, 3.8) is 0 Å². The van der Waals surface area contributed by atoms with Crippen LogP contribution in [0.3, 0.4) is 0 Å². The minimum Gasteiger partial charge on any atom is -0.329 e. The first-order valence-electron chi connectivity index (χ1n) is 6.53. The van der Waals surface area contributed by atoms with Crippen LogP contribution < -0.4 is 0 Å². The van der Waals surface area contributed by atoms with E-state index in [4.69, 9.17) is 0 Å². The lowest BCUT2D eigenvalue weighted by Gasteiger charge is -1.99. The zero-order valence-electron chi connectivity index (χ0n) is 11.9. The lowest BCUT2D eigenvalue weighted by Crippen LogP contribution is -2.05. The average molecular weight is 364 g/mol. The first-order chi connectivity index (χ1) is 11.6. The topological polar surface area (TPSA) is 77.8 Å². The van der Waals surface area contributed by atoms with Gasteiger partial charge in [-0.2, -0.15) is 36.3 Å². The molecule has 3 rings (SSSR count). The van der Waals surface area contributed by atoms with Crippen LogP contribution >= 0.6 is 0 Å². The second-order valence-corrected chi connectivity index (χ2v) is 4.81. The van der Waals surface area contributed by atoms with E-state index in [9.17, 15) is 26.3 Å². The quantitative estimate of drug-likeness (QED) is 0.659. The Kier molecular flexibility index (Phi) is 3.97. The maximum atomic E-state index is 12.4. The normalized spacial score (nSPS) is 12.6. The van der Waals surface area contributed by atoms with Crippen LogP contribution in [0, 0.1) is 0 Å². The van der Waals surface area contributed by atoms with Gasteiger partial charge in [0, 0.05) is 12.0 Å². The molecule has 0 spiro atoms. The fourth-order valence-electron chi connectivity index (χ4n) is 1.85. The molecule has 0 aliphatic heterocycles. The number of nitrogens with zero attached hydrogens (tertiary/aromatic N) is 4. The molecule has 6 nitrogen and oxygen atoms in total. The number of aromatic nitrogens is 4. The molecule has 0 N–H and O–H groups in total. The van der Waals surface area contributed by atoms with Crippen molar-refractivity contribution >= 4 is 0 Å². The Morgan fingerprint density at radius 1 is 0.760 bits per heavy atom. The van der Waals surface area contributed by atoms with E-state index in [0.717, 1.165) is 0 Å². The monoisotopic (exact) mass is 364 g/mol. The van der Waals surface area contributed by atoms with Crippen molar-refractivity contribution in [3.8, 4) is 11.4 Å². The maximum Gasteiger partial charge on any atom is 0.471 e. The first kappa shape index (κ1) is 16.9. The first-order valence-corrected chi connectivity index (χ1v) is 6.53. The summed E-state index contributed by atoms with van der Waals surface area (Å²) in [5.41, 5.74) is 0.755. The molecule has 0 aliphatic rings. The smallest absolute Gasteiger partial charge is 0.329 e. The van der Waals surface area contributed by atoms with Crippen LogP contribution in [-0.4, -0.2) is 20.3 Å². The predicted molar refractivity (Wildman–Crippen MR) is 66.8 cm³/mol. The van der Waals surface area contributed by atoms with E-state index in [0.29, 0.717) is 5.56 Å². The molecule has 0 aliphatic carbocycles. The van der Waals surface area contributed by atoms with E-state index < -0.39 is 24.1 Å². The van der Waals surface area contributed by atoms with Crippen molar-refractivity contribution in [2.75, 3.05) is 0 Å². The van der Waals surface area contributed by atoms with Crippen LogP contribution in [0.25, 0.3) is 11.4 Å². The molecule has 2 aromatic heterocycles. The molecule has 0 amide bonds. The van der Waals surface area contributed by atoms with Gasteiger partial charge in [-0.3, -0.25) is 0 Å². The maximum absolute atomic E-state index is 12.4. The van der Waals surface area contributed by atoms with Crippen LogP contribution in [0.4, 0.5) is 26.3 Å². The van der Waals surface area contributed by atoms with Gasteiger partial charge in [-0.25, -0.2) is 0 Å². The lowest BCUT2D eigenvalue weighted by atomic mass is 10.1. The zero-order chi connectivity index (χ0) is 18.2. The Bertz CT molecular complexity index is 866. The molecule has 0 radical (unpaired) electrons. The van der Waals surface area contributed by atoms with Crippen molar-refractivity contribution < 1.29 is 35.4 Å². The van der Waals surface area contributed by atoms with Crippen molar-refractivity contribution in [3.05, 3.63) is 47.4 Å². The SMILES string of the molecule is FC(F)(F)c1nc(Cc2ccc(-c3noc(C(F)(F)F)n3)cc2)no1. The van der Waals surface area contributed by atoms with Crippen molar-refractivity contribution in [1.29, 1.82) is 0 Å². The molecule has 2 heterocycles. The number of benzene rings is 1. The fraction of sp³-hybridized carbons (Fsp3) is 0.231. The minimum atomic E-state index is -4.75. The third kappa shape index (κ3) is 3.78. The second kappa shape index (κ2) is 5.86. The van der Waals surface area contributed by atoms with Gasteiger partial charge in [0.05, 0.1) is 0 Å². The van der Waals surface area contributed by atoms with Crippen LogP contribution in [0.15, 0.2) is 33.3 Å². The summed E-state index contributed by atoms with van der Waals surface area (Å²) >= 11 is 0. The Hall–Kier alpha value is -2.92. The molecular weight excluding hydrogens is 358 g/mol. The molecular formula is C13H6F6N4O2. The highest BCUT2D eigenvalue weighted by Gasteiger charge is 2.39. The number of hydrogen-bond acceptors (Lipinski definition) is 6. The van der Waals surface area contributed by atoms with E-state index in [1.165, 1.54) is 24.3 Å². The van der Waals surface area contributed by atoms with Crippen molar-refractivity contribution in [1.82, 2.24) is 20.3 Å². The molecule has 0 bridgehead atoms. The Balaban J connectivity index is 1.74. The molecule has 25 heavy (non-hydrogen) atoms. The van der Waals surface area contributed by atoms with Crippen LogP contribution in [0.1, 0.15) is 23.2 Å². The Morgan fingerprint density at radius 3 is 1.84 bits per heavy atom. The highest BCUT2D eigenvalue weighted by molar-refractivity contribution is 5.54. The summed E-state index contributed by atoms with van der Waals surface area (Å²) in [5.74, 6) is -3.37. The van der Waals surface area contributed by atoms with Gasteiger partial charge in [-0.05, 0) is 5.56 Å². The summed E-state index contributed by atoms with van der Waals surface area (Å²) < 4.78 is 82.6. The molecule has 132 valence electrons. The predicted octanol–water partition coefficient (Wildman–Crippen LogP) is 3.75. The summed E-state index contributed by atoms with van der Waals surface area (Å²) in [6.45, 7) is 0. The van der Waals surface area contributed by atoms with E-state index in [-0.39, 0.29) is 23.6 Å². The van der Waals surface area contributed by atoms with E-state index in [2.05, 4.69) is 29.3 Å². The largest absolute Gasteiger partial charge is 0.471 e. The summed E-state index contributed by atoms with van der Waals surface area (Å²) in [6, 6.07) is 5.71.